The maximum absolute atomic E-state index is 12.7. The quantitative estimate of drug-likeness (QED) is 0.906. The summed E-state index contributed by atoms with van der Waals surface area (Å²) in [6.07, 6.45) is 10.2. The molecular formula is C19H29N3O3. The lowest BCUT2D eigenvalue weighted by Gasteiger charge is -2.40. The highest BCUT2D eigenvalue weighted by Gasteiger charge is 2.35. The highest BCUT2D eigenvalue weighted by Crippen LogP contribution is 2.42. The fourth-order valence-corrected chi connectivity index (χ4v) is 4.31. The van der Waals surface area contributed by atoms with Gasteiger partial charge in [0.2, 0.25) is 5.91 Å². The Morgan fingerprint density at radius 1 is 1.24 bits per heavy atom. The van der Waals surface area contributed by atoms with Gasteiger partial charge >= 0.3 is 5.97 Å². The highest BCUT2D eigenvalue weighted by molar-refractivity contribution is 5.86. The van der Waals surface area contributed by atoms with Gasteiger partial charge in [-0.2, -0.15) is 5.10 Å². The van der Waals surface area contributed by atoms with Gasteiger partial charge in [-0.05, 0) is 37.0 Å². The van der Waals surface area contributed by atoms with Crippen molar-refractivity contribution < 1.29 is 14.7 Å². The average molecular weight is 347 g/mol. The molecule has 0 spiro atoms. The molecule has 0 aromatic carbocycles. The molecule has 138 valence electrons. The Balaban J connectivity index is 1.53. The van der Waals surface area contributed by atoms with E-state index < -0.39 is 5.97 Å². The lowest BCUT2D eigenvalue weighted by Crippen LogP contribution is -2.41. The van der Waals surface area contributed by atoms with Crippen LogP contribution < -0.4 is 0 Å². The Hall–Kier alpha value is -1.85. The minimum atomic E-state index is -0.950. The normalized spacial score (nSPS) is 24.2. The molecule has 1 N–H and O–H groups in total. The van der Waals surface area contributed by atoms with Gasteiger partial charge in [0, 0.05) is 25.7 Å². The third-order valence-electron chi connectivity index (χ3n) is 6.19. The summed E-state index contributed by atoms with van der Waals surface area (Å²) in [5.41, 5.74) is 0.493. The van der Waals surface area contributed by atoms with Crippen LogP contribution >= 0.6 is 0 Å². The summed E-state index contributed by atoms with van der Waals surface area (Å²) >= 11 is 0. The van der Waals surface area contributed by atoms with Crippen LogP contribution in [0.3, 0.4) is 0 Å². The Kier molecular flexibility index (Phi) is 5.16. The van der Waals surface area contributed by atoms with E-state index in [1.807, 2.05) is 4.90 Å². The molecule has 25 heavy (non-hydrogen) atoms. The van der Waals surface area contributed by atoms with E-state index in [0.717, 1.165) is 25.9 Å². The summed E-state index contributed by atoms with van der Waals surface area (Å²) in [6, 6.07) is 0.184. The molecule has 1 aromatic rings. The summed E-state index contributed by atoms with van der Waals surface area (Å²) in [7, 11) is 0. The van der Waals surface area contributed by atoms with Crippen molar-refractivity contribution in [1.82, 2.24) is 14.7 Å². The van der Waals surface area contributed by atoms with Gasteiger partial charge in [-0.3, -0.25) is 9.48 Å². The molecule has 6 nitrogen and oxygen atoms in total. The Labute approximate surface area is 149 Å². The second kappa shape index (κ2) is 7.18. The largest absolute Gasteiger partial charge is 0.478 e. The molecule has 1 aliphatic carbocycles. The third kappa shape index (κ3) is 4.05. The van der Waals surface area contributed by atoms with Gasteiger partial charge in [-0.25, -0.2) is 4.79 Å². The van der Waals surface area contributed by atoms with Crippen LogP contribution in [0.2, 0.25) is 0 Å². The first-order chi connectivity index (χ1) is 11.9. The second-order valence-corrected chi connectivity index (χ2v) is 8.26. The van der Waals surface area contributed by atoms with Crippen LogP contribution in [0, 0.1) is 11.3 Å². The SMILES string of the molecule is CC1(C)CCCCC1CC(=O)N1CCC(n2cc(C(=O)O)cn2)CC1. The predicted octanol–water partition coefficient (Wildman–Crippen LogP) is 3.35. The van der Waals surface area contributed by atoms with E-state index in [9.17, 15) is 9.59 Å². The Bertz CT molecular complexity index is 630. The molecule has 0 radical (unpaired) electrons. The first-order valence-corrected chi connectivity index (χ1v) is 9.42. The molecule has 6 heteroatoms. The van der Waals surface area contributed by atoms with E-state index in [0.29, 0.717) is 12.3 Å². The number of piperidine rings is 1. The number of amides is 1. The second-order valence-electron chi connectivity index (χ2n) is 8.26. The topological polar surface area (TPSA) is 75.4 Å². The molecular weight excluding hydrogens is 318 g/mol. The van der Waals surface area contributed by atoms with Crippen molar-refractivity contribution in [2.45, 2.75) is 64.8 Å². The van der Waals surface area contributed by atoms with Crippen LogP contribution in [-0.4, -0.2) is 44.8 Å². The number of carbonyl (C=O) groups excluding carboxylic acids is 1. The molecule has 1 saturated heterocycles. The molecule has 1 amide bonds. The molecule has 1 aromatic heterocycles. The first-order valence-electron chi connectivity index (χ1n) is 9.42. The number of carboxylic acid groups (broad SMARTS) is 1. The number of rotatable bonds is 4. The number of aromatic nitrogens is 2. The Morgan fingerprint density at radius 2 is 1.96 bits per heavy atom. The van der Waals surface area contributed by atoms with E-state index in [1.165, 1.54) is 31.9 Å². The molecule has 1 aliphatic heterocycles. The summed E-state index contributed by atoms with van der Waals surface area (Å²) in [4.78, 5) is 25.7. The van der Waals surface area contributed by atoms with Crippen molar-refractivity contribution >= 4 is 11.9 Å². The van der Waals surface area contributed by atoms with Crippen LogP contribution in [0.4, 0.5) is 0 Å². The van der Waals surface area contributed by atoms with Gasteiger partial charge in [0.15, 0.2) is 0 Å². The van der Waals surface area contributed by atoms with Crippen LogP contribution in [-0.2, 0) is 4.79 Å². The minimum Gasteiger partial charge on any atom is -0.478 e. The Morgan fingerprint density at radius 3 is 2.56 bits per heavy atom. The number of aromatic carboxylic acids is 1. The van der Waals surface area contributed by atoms with Gasteiger partial charge in [0.25, 0.3) is 0 Å². The predicted molar refractivity (Wildman–Crippen MR) is 94.4 cm³/mol. The maximum atomic E-state index is 12.7. The van der Waals surface area contributed by atoms with E-state index >= 15 is 0 Å². The highest BCUT2D eigenvalue weighted by atomic mass is 16.4. The van der Waals surface area contributed by atoms with Crippen molar-refractivity contribution in [2.24, 2.45) is 11.3 Å². The number of carboxylic acids is 1. The third-order valence-corrected chi connectivity index (χ3v) is 6.19. The number of carbonyl (C=O) groups is 2. The van der Waals surface area contributed by atoms with Crippen molar-refractivity contribution in [3.05, 3.63) is 18.0 Å². The molecule has 2 fully saturated rings. The van der Waals surface area contributed by atoms with Gasteiger partial charge < -0.3 is 10.0 Å². The zero-order chi connectivity index (χ0) is 18.0. The number of hydrogen-bond acceptors (Lipinski definition) is 3. The minimum absolute atomic E-state index is 0.184. The fraction of sp³-hybridized carbons (Fsp3) is 0.737. The van der Waals surface area contributed by atoms with Crippen molar-refractivity contribution in [1.29, 1.82) is 0 Å². The summed E-state index contributed by atoms with van der Waals surface area (Å²) in [6.45, 7) is 6.07. The van der Waals surface area contributed by atoms with Crippen molar-refractivity contribution in [3.8, 4) is 0 Å². The van der Waals surface area contributed by atoms with E-state index in [-0.39, 0.29) is 22.9 Å². The maximum Gasteiger partial charge on any atom is 0.338 e. The molecule has 1 atom stereocenters. The average Bonchev–Trinajstić information content (AvgIpc) is 3.07. The summed E-state index contributed by atoms with van der Waals surface area (Å²) < 4.78 is 1.75. The lowest BCUT2D eigenvalue weighted by atomic mass is 9.67. The molecule has 0 bridgehead atoms. The van der Waals surface area contributed by atoms with Gasteiger partial charge in [0.1, 0.15) is 0 Å². The molecule has 1 saturated carbocycles. The lowest BCUT2D eigenvalue weighted by molar-refractivity contribution is -0.135. The zero-order valence-electron chi connectivity index (χ0n) is 15.3. The number of hydrogen-bond donors (Lipinski definition) is 1. The van der Waals surface area contributed by atoms with Gasteiger partial charge in [-0.15, -0.1) is 0 Å². The van der Waals surface area contributed by atoms with E-state index in [4.69, 9.17) is 5.11 Å². The summed E-state index contributed by atoms with van der Waals surface area (Å²) in [5, 5.41) is 13.2. The van der Waals surface area contributed by atoms with Crippen LogP contribution in [0.15, 0.2) is 12.4 Å². The number of likely N-dealkylation sites (tertiary alicyclic amines) is 1. The van der Waals surface area contributed by atoms with Crippen LogP contribution in [0.1, 0.15) is 75.2 Å². The zero-order valence-corrected chi connectivity index (χ0v) is 15.3. The van der Waals surface area contributed by atoms with Crippen LogP contribution in [0.25, 0.3) is 0 Å². The van der Waals surface area contributed by atoms with Gasteiger partial charge in [-0.1, -0.05) is 26.7 Å². The molecule has 2 aliphatic rings. The first kappa shape index (κ1) is 18.0. The fourth-order valence-electron chi connectivity index (χ4n) is 4.31. The van der Waals surface area contributed by atoms with Crippen molar-refractivity contribution in [3.63, 3.8) is 0 Å². The van der Waals surface area contributed by atoms with Gasteiger partial charge in [0.05, 0.1) is 17.8 Å². The van der Waals surface area contributed by atoms with Crippen molar-refractivity contribution in [2.75, 3.05) is 13.1 Å². The van der Waals surface area contributed by atoms with Crippen LogP contribution in [0.5, 0.6) is 0 Å². The standard InChI is InChI=1S/C19H29N3O3/c1-19(2)8-4-3-5-15(19)11-17(23)21-9-6-16(7-10-21)22-13-14(12-20-22)18(24)25/h12-13,15-16H,3-11H2,1-2H3,(H,24,25). The molecule has 3 rings (SSSR count). The summed E-state index contributed by atoms with van der Waals surface area (Å²) in [5.74, 6) is -0.171. The molecule has 1 unspecified atom stereocenters. The smallest absolute Gasteiger partial charge is 0.338 e. The van der Waals surface area contributed by atoms with E-state index in [2.05, 4.69) is 18.9 Å². The molecule has 2 heterocycles. The van der Waals surface area contributed by atoms with E-state index in [1.54, 1.807) is 10.9 Å². The monoisotopic (exact) mass is 347 g/mol. The number of nitrogens with zero attached hydrogens (tertiary/aromatic N) is 3.